The van der Waals surface area contributed by atoms with Gasteiger partial charge in [-0.2, -0.15) is 4.80 Å². The number of nitrogens with zero attached hydrogens (tertiary/aromatic N) is 3. The Balaban J connectivity index is 2.14. The van der Waals surface area contributed by atoms with Crippen LogP contribution >= 0.6 is 11.6 Å². The van der Waals surface area contributed by atoms with Crippen molar-refractivity contribution in [3.8, 4) is 5.69 Å². The van der Waals surface area contributed by atoms with E-state index >= 15 is 0 Å². The number of rotatable bonds is 7. The second-order valence-electron chi connectivity index (χ2n) is 4.88. The van der Waals surface area contributed by atoms with Crippen LogP contribution in [-0.2, 0) is 6.61 Å². The number of aromatic nitrogens is 3. The first-order chi connectivity index (χ1) is 10.7. The Bertz CT molecular complexity index is 625. The van der Waals surface area contributed by atoms with Crippen LogP contribution in [0, 0.1) is 0 Å². The summed E-state index contributed by atoms with van der Waals surface area (Å²) in [6.45, 7) is 2.35. The Morgan fingerprint density at radius 1 is 1.27 bits per heavy atom. The molecule has 0 bridgehead atoms. The second kappa shape index (κ2) is 7.91. The molecule has 2 aromatic rings. The molecule has 0 fully saturated rings. The van der Waals surface area contributed by atoms with Crippen molar-refractivity contribution in [3.05, 3.63) is 40.7 Å². The molecule has 0 saturated carbocycles. The highest BCUT2D eigenvalue weighted by Crippen LogP contribution is 2.13. The van der Waals surface area contributed by atoms with Crippen molar-refractivity contribution in [2.45, 2.75) is 32.8 Å². The van der Waals surface area contributed by atoms with E-state index in [0.29, 0.717) is 17.3 Å². The molecule has 7 heteroatoms. The van der Waals surface area contributed by atoms with Crippen molar-refractivity contribution in [3.63, 3.8) is 0 Å². The minimum Gasteiger partial charge on any atom is -0.390 e. The number of carbonyl (C=O) groups excluding carboxylic acids is 1. The van der Waals surface area contributed by atoms with Crippen molar-refractivity contribution in [1.29, 1.82) is 0 Å². The maximum Gasteiger partial charge on any atom is 0.273 e. The lowest BCUT2D eigenvalue weighted by Gasteiger charge is -2.02. The summed E-state index contributed by atoms with van der Waals surface area (Å²) in [6, 6.07) is 6.91. The van der Waals surface area contributed by atoms with E-state index in [1.165, 1.54) is 4.80 Å². The predicted octanol–water partition coefficient (Wildman–Crippen LogP) is 2.33. The molecule has 118 valence electrons. The van der Waals surface area contributed by atoms with Crippen molar-refractivity contribution in [2.75, 3.05) is 6.54 Å². The molecule has 22 heavy (non-hydrogen) atoms. The molecule has 6 nitrogen and oxygen atoms in total. The second-order valence-corrected chi connectivity index (χ2v) is 5.32. The molecule has 2 rings (SSSR count). The molecule has 0 atom stereocenters. The van der Waals surface area contributed by atoms with Gasteiger partial charge in [0.25, 0.3) is 5.91 Å². The van der Waals surface area contributed by atoms with Gasteiger partial charge in [-0.1, -0.05) is 31.4 Å². The third kappa shape index (κ3) is 4.05. The number of unbranched alkanes of at least 4 members (excludes halogenated alkanes) is 2. The van der Waals surface area contributed by atoms with Crippen LogP contribution < -0.4 is 5.32 Å². The third-order valence-corrected chi connectivity index (χ3v) is 3.42. The number of aliphatic hydroxyl groups is 1. The summed E-state index contributed by atoms with van der Waals surface area (Å²) in [7, 11) is 0. The largest absolute Gasteiger partial charge is 0.390 e. The van der Waals surface area contributed by atoms with Gasteiger partial charge in [-0.25, -0.2) is 0 Å². The molecule has 0 aliphatic heterocycles. The Kier molecular flexibility index (Phi) is 5.91. The number of hydrogen-bond acceptors (Lipinski definition) is 4. The topological polar surface area (TPSA) is 80.0 Å². The Morgan fingerprint density at radius 2 is 2.00 bits per heavy atom. The summed E-state index contributed by atoms with van der Waals surface area (Å²) in [5, 5.41) is 21.1. The van der Waals surface area contributed by atoms with Gasteiger partial charge in [0, 0.05) is 11.6 Å². The van der Waals surface area contributed by atoms with Crippen LogP contribution in [0.5, 0.6) is 0 Å². The van der Waals surface area contributed by atoms with Gasteiger partial charge in [-0.3, -0.25) is 4.79 Å². The molecule has 0 aliphatic rings. The van der Waals surface area contributed by atoms with Crippen LogP contribution in [0.2, 0.25) is 5.02 Å². The highest BCUT2D eigenvalue weighted by Gasteiger charge is 2.18. The van der Waals surface area contributed by atoms with Crippen LogP contribution in [0.1, 0.15) is 42.4 Å². The highest BCUT2D eigenvalue weighted by atomic mass is 35.5. The van der Waals surface area contributed by atoms with E-state index in [9.17, 15) is 9.90 Å². The number of halogens is 1. The van der Waals surface area contributed by atoms with Gasteiger partial charge in [0.05, 0.1) is 12.3 Å². The number of hydrogen-bond donors (Lipinski definition) is 2. The average molecular weight is 323 g/mol. The summed E-state index contributed by atoms with van der Waals surface area (Å²) in [6.07, 6.45) is 3.07. The molecule has 0 radical (unpaired) electrons. The monoisotopic (exact) mass is 322 g/mol. The minimum atomic E-state index is -0.342. The van der Waals surface area contributed by atoms with Crippen molar-refractivity contribution in [2.24, 2.45) is 0 Å². The Morgan fingerprint density at radius 3 is 2.64 bits per heavy atom. The molecule has 1 aromatic carbocycles. The number of aliphatic hydroxyl groups excluding tert-OH is 1. The molecule has 1 heterocycles. The van der Waals surface area contributed by atoms with Crippen molar-refractivity contribution < 1.29 is 9.90 Å². The summed E-state index contributed by atoms with van der Waals surface area (Å²) in [5.74, 6) is -0.319. The smallest absolute Gasteiger partial charge is 0.273 e. The van der Waals surface area contributed by atoms with Crippen LogP contribution in [0.3, 0.4) is 0 Å². The zero-order valence-corrected chi connectivity index (χ0v) is 13.2. The average Bonchev–Trinajstić information content (AvgIpc) is 2.96. The van der Waals surface area contributed by atoms with Gasteiger partial charge >= 0.3 is 0 Å². The lowest BCUT2D eigenvalue weighted by atomic mass is 10.2. The molecule has 0 unspecified atom stereocenters. The summed E-state index contributed by atoms with van der Waals surface area (Å²) in [4.78, 5) is 13.4. The predicted molar refractivity (Wildman–Crippen MR) is 84.2 cm³/mol. The lowest BCUT2D eigenvalue weighted by Crippen LogP contribution is -2.26. The molecular weight excluding hydrogens is 304 g/mol. The fraction of sp³-hybridized carbons (Fsp3) is 0.400. The highest BCUT2D eigenvalue weighted by molar-refractivity contribution is 6.30. The molecule has 0 saturated heterocycles. The Hall–Kier alpha value is -1.92. The maximum atomic E-state index is 12.1. The molecular formula is C15H19ClN4O2. The summed E-state index contributed by atoms with van der Waals surface area (Å²) < 4.78 is 0. The molecule has 2 N–H and O–H groups in total. The van der Waals surface area contributed by atoms with Crippen LogP contribution in [-0.4, -0.2) is 32.6 Å². The quantitative estimate of drug-likeness (QED) is 0.767. The van der Waals surface area contributed by atoms with Crippen molar-refractivity contribution >= 4 is 17.5 Å². The van der Waals surface area contributed by atoms with E-state index in [2.05, 4.69) is 22.4 Å². The lowest BCUT2D eigenvalue weighted by molar-refractivity contribution is 0.0944. The van der Waals surface area contributed by atoms with Gasteiger partial charge in [0.2, 0.25) is 0 Å². The van der Waals surface area contributed by atoms with E-state index in [1.807, 2.05) is 0 Å². The molecule has 1 amide bonds. The zero-order chi connectivity index (χ0) is 15.9. The van der Waals surface area contributed by atoms with Crippen LogP contribution in [0.15, 0.2) is 24.3 Å². The number of carbonyl (C=O) groups is 1. The fourth-order valence-electron chi connectivity index (χ4n) is 1.97. The number of amides is 1. The van der Waals surface area contributed by atoms with Gasteiger partial charge in [0.15, 0.2) is 5.69 Å². The van der Waals surface area contributed by atoms with Crippen LogP contribution in [0.25, 0.3) is 5.69 Å². The Labute approximate surface area is 134 Å². The molecule has 0 spiro atoms. The normalized spacial score (nSPS) is 10.7. The first-order valence-corrected chi connectivity index (χ1v) is 7.64. The number of nitrogens with one attached hydrogen (secondary N) is 1. The van der Waals surface area contributed by atoms with Crippen LogP contribution in [0.4, 0.5) is 0 Å². The van der Waals surface area contributed by atoms with E-state index in [1.54, 1.807) is 24.3 Å². The first-order valence-electron chi connectivity index (χ1n) is 7.27. The van der Waals surface area contributed by atoms with Gasteiger partial charge in [-0.05, 0) is 30.7 Å². The van der Waals surface area contributed by atoms with Gasteiger partial charge in [0.1, 0.15) is 5.69 Å². The maximum absolute atomic E-state index is 12.1. The fourth-order valence-corrected chi connectivity index (χ4v) is 2.10. The summed E-state index contributed by atoms with van der Waals surface area (Å²) >= 11 is 5.84. The number of benzene rings is 1. The van der Waals surface area contributed by atoms with E-state index in [-0.39, 0.29) is 23.9 Å². The SMILES string of the molecule is CCCCCNC(=O)c1nn(-c2ccc(Cl)cc2)nc1CO. The van der Waals surface area contributed by atoms with Gasteiger partial charge in [-0.15, -0.1) is 10.2 Å². The molecule has 0 aliphatic carbocycles. The van der Waals surface area contributed by atoms with E-state index < -0.39 is 0 Å². The van der Waals surface area contributed by atoms with E-state index in [4.69, 9.17) is 11.6 Å². The summed E-state index contributed by atoms with van der Waals surface area (Å²) in [5.41, 5.74) is 1.07. The van der Waals surface area contributed by atoms with Crippen molar-refractivity contribution in [1.82, 2.24) is 20.3 Å². The van der Waals surface area contributed by atoms with E-state index in [0.717, 1.165) is 19.3 Å². The zero-order valence-electron chi connectivity index (χ0n) is 12.4. The first kappa shape index (κ1) is 16.5. The third-order valence-electron chi connectivity index (χ3n) is 3.17. The van der Waals surface area contributed by atoms with Gasteiger partial charge < -0.3 is 10.4 Å². The minimum absolute atomic E-state index is 0.147. The standard InChI is InChI=1S/C15H19ClN4O2/c1-2-3-4-9-17-15(22)14-13(10-21)18-20(19-14)12-7-5-11(16)6-8-12/h5-8,21H,2-4,9-10H2,1H3,(H,17,22). The molecule has 1 aromatic heterocycles.